The summed E-state index contributed by atoms with van der Waals surface area (Å²) in [5.74, 6) is 6.95. The van der Waals surface area contributed by atoms with Crippen LogP contribution in [0.5, 0.6) is 5.88 Å². The van der Waals surface area contributed by atoms with Gasteiger partial charge in [0.05, 0.1) is 19.2 Å². The second-order valence-corrected chi connectivity index (χ2v) is 11.1. The normalized spacial score (nSPS) is 23.7. The molecule has 8 nitrogen and oxygen atoms in total. The van der Waals surface area contributed by atoms with Crippen LogP contribution in [0.4, 0.5) is 4.79 Å². The van der Waals surface area contributed by atoms with E-state index in [2.05, 4.69) is 22.1 Å². The van der Waals surface area contributed by atoms with Crippen LogP contribution < -0.4 is 10.1 Å². The zero-order valence-corrected chi connectivity index (χ0v) is 22.5. The highest BCUT2D eigenvalue weighted by atomic mass is 16.5. The number of nitrogens with one attached hydrogen (secondary N) is 1. The third kappa shape index (κ3) is 6.95. The van der Waals surface area contributed by atoms with Crippen molar-refractivity contribution in [1.29, 1.82) is 0 Å². The Balaban J connectivity index is 1.56. The van der Waals surface area contributed by atoms with Crippen LogP contribution in [0.3, 0.4) is 0 Å². The Hall–Kier alpha value is -2.79. The van der Waals surface area contributed by atoms with Gasteiger partial charge in [-0.15, -0.1) is 0 Å². The Morgan fingerprint density at radius 1 is 1.24 bits per heavy atom. The molecule has 3 atom stereocenters. The molecule has 3 aliphatic rings. The van der Waals surface area contributed by atoms with E-state index in [1.54, 1.807) is 29.1 Å². The van der Waals surface area contributed by atoms with Gasteiger partial charge in [-0.05, 0) is 38.7 Å². The van der Waals surface area contributed by atoms with Crippen molar-refractivity contribution in [3.63, 3.8) is 0 Å². The second-order valence-electron chi connectivity index (χ2n) is 11.1. The largest absolute Gasteiger partial charge is 0.472 e. The van der Waals surface area contributed by atoms with Crippen LogP contribution in [-0.4, -0.2) is 76.8 Å². The highest BCUT2D eigenvalue weighted by Crippen LogP contribution is 2.28. The van der Waals surface area contributed by atoms with E-state index in [9.17, 15) is 14.7 Å². The van der Waals surface area contributed by atoms with Gasteiger partial charge in [-0.2, -0.15) is 0 Å². The number of amides is 3. The quantitative estimate of drug-likeness (QED) is 0.588. The van der Waals surface area contributed by atoms with Gasteiger partial charge in [0, 0.05) is 43.2 Å². The van der Waals surface area contributed by atoms with Crippen LogP contribution in [0.2, 0.25) is 0 Å². The van der Waals surface area contributed by atoms with Crippen LogP contribution in [-0.2, 0) is 0 Å². The lowest BCUT2D eigenvalue weighted by Crippen LogP contribution is -2.52. The number of ether oxygens (including phenoxy) is 1. The van der Waals surface area contributed by atoms with Gasteiger partial charge < -0.3 is 25.0 Å². The molecule has 0 bridgehead atoms. The molecule has 2 saturated carbocycles. The van der Waals surface area contributed by atoms with Gasteiger partial charge in [0.2, 0.25) is 5.88 Å². The van der Waals surface area contributed by atoms with E-state index >= 15 is 0 Å². The number of carbonyl (C=O) groups is 2. The van der Waals surface area contributed by atoms with Crippen molar-refractivity contribution >= 4 is 11.9 Å². The number of nitrogens with zero attached hydrogens (tertiary/aromatic N) is 3. The summed E-state index contributed by atoms with van der Waals surface area (Å²) in [5, 5.41) is 13.0. The van der Waals surface area contributed by atoms with Crippen molar-refractivity contribution in [2.75, 3.05) is 26.7 Å². The van der Waals surface area contributed by atoms with Crippen LogP contribution >= 0.6 is 0 Å². The average molecular weight is 511 g/mol. The van der Waals surface area contributed by atoms with E-state index in [4.69, 9.17) is 4.74 Å². The van der Waals surface area contributed by atoms with Crippen molar-refractivity contribution in [2.45, 2.75) is 89.8 Å². The molecule has 1 aromatic heterocycles. The van der Waals surface area contributed by atoms with Crippen molar-refractivity contribution < 1.29 is 19.4 Å². The van der Waals surface area contributed by atoms with E-state index in [-0.39, 0.29) is 48.5 Å². The Morgan fingerprint density at radius 2 is 1.95 bits per heavy atom. The first-order chi connectivity index (χ1) is 17.9. The summed E-state index contributed by atoms with van der Waals surface area (Å²) >= 11 is 0. The Morgan fingerprint density at radius 3 is 2.65 bits per heavy atom. The lowest BCUT2D eigenvalue weighted by atomic mass is 9.90. The number of aliphatic hydroxyl groups excluding tert-OH is 1. The molecule has 2 N–H and O–H groups in total. The number of pyridine rings is 1. The van der Waals surface area contributed by atoms with Crippen molar-refractivity contribution in [3.05, 3.63) is 23.4 Å². The van der Waals surface area contributed by atoms with Gasteiger partial charge >= 0.3 is 6.03 Å². The van der Waals surface area contributed by atoms with Crippen molar-refractivity contribution in [3.8, 4) is 17.7 Å². The van der Waals surface area contributed by atoms with Gasteiger partial charge in [0.25, 0.3) is 5.91 Å². The molecule has 0 radical (unpaired) electrons. The first-order valence-electron chi connectivity index (χ1n) is 14.0. The maximum Gasteiger partial charge on any atom is 0.317 e. The van der Waals surface area contributed by atoms with Gasteiger partial charge in [-0.25, -0.2) is 9.78 Å². The summed E-state index contributed by atoms with van der Waals surface area (Å²) in [6.45, 7) is 4.47. The first kappa shape index (κ1) is 27.3. The molecule has 0 spiro atoms. The summed E-state index contributed by atoms with van der Waals surface area (Å²) in [6.07, 6.45) is 11.6. The predicted molar refractivity (Wildman–Crippen MR) is 142 cm³/mol. The molecule has 0 aromatic carbocycles. The molecule has 2 aliphatic carbocycles. The summed E-state index contributed by atoms with van der Waals surface area (Å²) in [7, 11) is 1.77. The number of aromatic nitrogens is 1. The summed E-state index contributed by atoms with van der Waals surface area (Å²) < 4.78 is 6.33. The molecule has 1 aromatic rings. The molecule has 0 saturated heterocycles. The van der Waals surface area contributed by atoms with Crippen LogP contribution in [0.15, 0.2) is 12.3 Å². The SMILES string of the molecule is C[C@@H]1CN([C@H](C)CO)C(=O)c2cc(C#CC3CCCCC3)cnc2O[C@H]1CN(C)C(=O)NC1CCCC1. The Bertz CT molecular complexity index is 1010. The molecule has 0 unspecified atom stereocenters. The number of rotatable bonds is 5. The van der Waals surface area contributed by atoms with Gasteiger partial charge in [0.15, 0.2) is 0 Å². The highest BCUT2D eigenvalue weighted by Gasteiger charge is 2.35. The minimum Gasteiger partial charge on any atom is -0.472 e. The lowest BCUT2D eigenvalue weighted by Gasteiger charge is -2.37. The van der Waals surface area contributed by atoms with Gasteiger partial charge in [-0.3, -0.25) is 4.79 Å². The Labute approximate surface area is 221 Å². The number of likely N-dealkylation sites (N-methyl/N-ethyl adjacent to an activating group) is 1. The number of urea groups is 1. The summed E-state index contributed by atoms with van der Waals surface area (Å²) in [6, 6.07) is 1.53. The topological polar surface area (TPSA) is 95.0 Å². The van der Waals surface area contributed by atoms with Gasteiger partial charge in [-0.1, -0.05) is 50.9 Å². The van der Waals surface area contributed by atoms with E-state index < -0.39 is 0 Å². The molecular formula is C29H42N4O4. The van der Waals surface area contributed by atoms with Gasteiger partial charge in [0.1, 0.15) is 11.7 Å². The molecule has 8 heteroatoms. The van der Waals surface area contributed by atoms with E-state index in [1.165, 1.54) is 19.3 Å². The minimum absolute atomic E-state index is 0.0830. The lowest BCUT2D eigenvalue weighted by molar-refractivity contribution is 0.0351. The molecule has 3 amide bonds. The molecule has 4 rings (SSSR count). The van der Waals surface area contributed by atoms with Crippen molar-refractivity contribution in [1.82, 2.24) is 20.1 Å². The first-order valence-corrected chi connectivity index (χ1v) is 14.0. The number of hydrogen-bond acceptors (Lipinski definition) is 5. The highest BCUT2D eigenvalue weighted by molar-refractivity contribution is 5.97. The number of hydrogen-bond donors (Lipinski definition) is 2. The second kappa shape index (κ2) is 12.6. The fourth-order valence-corrected chi connectivity index (χ4v) is 5.53. The van der Waals surface area contributed by atoms with Crippen molar-refractivity contribution in [2.24, 2.45) is 11.8 Å². The zero-order valence-electron chi connectivity index (χ0n) is 22.5. The van der Waals surface area contributed by atoms with Crippen LogP contribution in [0.1, 0.15) is 87.6 Å². The maximum absolute atomic E-state index is 13.6. The Kier molecular flexibility index (Phi) is 9.31. The molecule has 2 fully saturated rings. The molecular weight excluding hydrogens is 468 g/mol. The fourth-order valence-electron chi connectivity index (χ4n) is 5.53. The van der Waals surface area contributed by atoms with E-state index in [1.807, 2.05) is 13.8 Å². The average Bonchev–Trinajstić information content (AvgIpc) is 3.42. The standard InChI is InChI=1S/C29H42N4O4/c1-20-17-33(21(2)19-34)28(35)25-15-23(14-13-22-9-5-4-6-10-22)16-30-27(25)37-26(20)18-32(3)29(36)31-24-11-7-8-12-24/h15-16,20-22,24,26,34H,4-12,17-19H2,1-3H3,(H,31,36)/t20-,21-,26+/m1/s1. The predicted octanol–water partition coefficient (Wildman–Crippen LogP) is 3.82. The third-order valence-electron chi connectivity index (χ3n) is 8.03. The number of fused-ring (bicyclic) bond motifs is 1. The maximum atomic E-state index is 13.6. The molecule has 2 heterocycles. The van der Waals surface area contributed by atoms with Crippen LogP contribution in [0.25, 0.3) is 0 Å². The summed E-state index contributed by atoms with van der Waals surface area (Å²) in [5.41, 5.74) is 1.04. The van der Waals surface area contributed by atoms with E-state index in [0.717, 1.165) is 38.5 Å². The summed E-state index contributed by atoms with van der Waals surface area (Å²) in [4.78, 5) is 34.3. The number of aliphatic hydroxyl groups is 1. The third-order valence-corrected chi connectivity index (χ3v) is 8.03. The molecule has 202 valence electrons. The monoisotopic (exact) mass is 510 g/mol. The minimum atomic E-state index is -0.369. The molecule has 37 heavy (non-hydrogen) atoms. The fraction of sp³-hybridized carbons (Fsp3) is 0.690. The molecule has 1 aliphatic heterocycles. The van der Waals surface area contributed by atoms with E-state index in [0.29, 0.717) is 30.1 Å². The number of carbonyl (C=O) groups excluding carboxylic acids is 2. The smallest absolute Gasteiger partial charge is 0.317 e. The van der Waals surface area contributed by atoms with Crippen LogP contribution in [0, 0.1) is 23.7 Å². The zero-order chi connectivity index (χ0) is 26.4.